The Balaban J connectivity index is 2.34. The van der Waals surface area contributed by atoms with Crippen LogP contribution in [-0.2, 0) is 0 Å². The number of benzene rings is 1. The normalized spacial score (nSPS) is 10.4. The number of carbonyl (C=O) groups is 1. The van der Waals surface area contributed by atoms with E-state index in [4.69, 9.17) is 5.73 Å². The Bertz CT molecular complexity index is 636. The van der Waals surface area contributed by atoms with E-state index in [9.17, 15) is 4.79 Å². The van der Waals surface area contributed by atoms with Gasteiger partial charge in [-0.3, -0.25) is 4.79 Å². The molecule has 5 nitrogen and oxygen atoms in total. The topological polar surface area (TPSA) is 62.5 Å². The zero-order valence-corrected chi connectivity index (χ0v) is 12.9. The fourth-order valence-corrected chi connectivity index (χ4v) is 2.75. The number of aromatic nitrogens is 1. The number of para-hydroxylation sites is 1. The van der Waals surface area contributed by atoms with Gasteiger partial charge in [-0.2, -0.15) is 0 Å². The van der Waals surface area contributed by atoms with Gasteiger partial charge >= 0.3 is 0 Å². The number of carbonyl (C=O) groups excluding carboxylic acids is 1. The lowest BCUT2D eigenvalue weighted by molar-refractivity contribution is 0.0997. The van der Waals surface area contributed by atoms with Gasteiger partial charge < -0.3 is 15.5 Å². The molecule has 0 saturated carbocycles. The largest absolute Gasteiger partial charge is 0.382 e. The van der Waals surface area contributed by atoms with E-state index >= 15 is 0 Å². The Morgan fingerprint density at radius 3 is 2.45 bits per heavy atom. The first-order valence-corrected chi connectivity index (χ1v) is 7.00. The molecule has 2 aromatic rings. The van der Waals surface area contributed by atoms with Gasteiger partial charge in [0.2, 0.25) is 0 Å². The number of hydrogen-bond donors (Lipinski definition) is 1. The molecule has 1 aromatic carbocycles. The second-order valence-corrected chi connectivity index (χ2v) is 5.73. The average Bonchev–Trinajstić information content (AvgIpc) is 2.80. The zero-order chi connectivity index (χ0) is 14.9. The molecule has 106 valence electrons. The molecular weight excluding hydrogens is 272 g/mol. The molecule has 1 amide bonds. The molecule has 0 radical (unpaired) electrons. The van der Waals surface area contributed by atoms with Crippen LogP contribution in [0.2, 0.25) is 0 Å². The first-order valence-electron chi connectivity index (χ1n) is 6.19. The molecule has 2 rings (SSSR count). The molecule has 0 unspecified atom stereocenters. The van der Waals surface area contributed by atoms with E-state index in [-0.39, 0.29) is 11.7 Å². The number of thiazole rings is 1. The van der Waals surface area contributed by atoms with Crippen LogP contribution in [0.25, 0.3) is 0 Å². The minimum absolute atomic E-state index is 0.137. The summed E-state index contributed by atoms with van der Waals surface area (Å²) in [6.07, 6.45) is 0. The zero-order valence-electron chi connectivity index (χ0n) is 12.0. The molecule has 0 bridgehead atoms. The molecule has 0 aliphatic rings. The molecule has 0 aliphatic heterocycles. The van der Waals surface area contributed by atoms with Crippen molar-refractivity contribution in [3.8, 4) is 0 Å². The number of hydrogen-bond acceptors (Lipinski definition) is 5. The summed E-state index contributed by atoms with van der Waals surface area (Å²) < 4.78 is 0. The number of nitrogens with two attached hydrogens (primary N) is 1. The number of aryl methyl sites for hydroxylation is 1. The van der Waals surface area contributed by atoms with E-state index < -0.39 is 0 Å². The van der Waals surface area contributed by atoms with Crippen LogP contribution in [0.3, 0.4) is 0 Å². The van der Waals surface area contributed by atoms with Crippen LogP contribution in [0, 0.1) is 6.92 Å². The van der Waals surface area contributed by atoms with Crippen molar-refractivity contribution in [3.05, 3.63) is 34.7 Å². The maximum Gasteiger partial charge on any atom is 0.272 e. The summed E-state index contributed by atoms with van der Waals surface area (Å²) in [5.74, 6) is 0.145. The van der Waals surface area contributed by atoms with Gasteiger partial charge in [-0.15, -0.1) is 0 Å². The minimum Gasteiger partial charge on any atom is -0.382 e. The van der Waals surface area contributed by atoms with Crippen molar-refractivity contribution in [2.45, 2.75) is 6.92 Å². The van der Waals surface area contributed by atoms with E-state index in [2.05, 4.69) is 4.98 Å². The summed E-state index contributed by atoms with van der Waals surface area (Å²) in [6.45, 7) is 1.97. The van der Waals surface area contributed by atoms with Crippen LogP contribution in [0.15, 0.2) is 24.3 Å². The molecule has 20 heavy (non-hydrogen) atoms. The number of rotatable bonds is 3. The Kier molecular flexibility index (Phi) is 3.94. The van der Waals surface area contributed by atoms with E-state index in [1.54, 1.807) is 11.9 Å². The second kappa shape index (κ2) is 5.50. The molecule has 0 fully saturated rings. The summed E-state index contributed by atoms with van der Waals surface area (Å²) in [6, 6.07) is 7.74. The molecule has 6 heteroatoms. The lowest BCUT2D eigenvalue weighted by atomic mass is 10.2. The van der Waals surface area contributed by atoms with Crippen molar-refractivity contribution < 1.29 is 4.79 Å². The summed E-state index contributed by atoms with van der Waals surface area (Å²) >= 11 is 1.30. The van der Waals surface area contributed by atoms with Crippen LogP contribution >= 0.6 is 11.3 Å². The van der Waals surface area contributed by atoms with Gasteiger partial charge in [-0.25, -0.2) is 4.98 Å². The second-order valence-electron chi connectivity index (χ2n) is 4.76. The molecule has 0 aliphatic carbocycles. The molecule has 0 spiro atoms. The van der Waals surface area contributed by atoms with Gasteiger partial charge in [-0.1, -0.05) is 29.5 Å². The highest BCUT2D eigenvalue weighted by Crippen LogP contribution is 2.29. The highest BCUT2D eigenvalue weighted by molar-refractivity contribution is 7.18. The van der Waals surface area contributed by atoms with Gasteiger partial charge in [0.05, 0.1) is 0 Å². The van der Waals surface area contributed by atoms with Crippen molar-refractivity contribution in [2.75, 3.05) is 36.7 Å². The number of nitrogen functional groups attached to an aromatic ring is 1. The highest BCUT2D eigenvalue weighted by Gasteiger charge is 2.22. The van der Waals surface area contributed by atoms with Crippen LogP contribution in [-0.4, -0.2) is 32.0 Å². The van der Waals surface area contributed by atoms with Crippen LogP contribution in [0.1, 0.15) is 15.2 Å². The lowest BCUT2D eigenvalue weighted by Gasteiger charge is -2.18. The van der Waals surface area contributed by atoms with Gasteiger partial charge in [-0.05, 0) is 18.6 Å². The third-order valence-electron chi connectivity index (χ3n) is 3.00. The summed E-state index contributed by atoms with van der Waals surface area (Å²) in [7, 11) is 5.49. The van der Waals surface area contributed by atoms with Gasteiger partial charge in [0, 0.05) is 26.8 Å². The molecule has 0 saturated heterocycles. The molecule has 1 aromatic heterocycles. The Morgan fingerprint density at radius 2 is 1.90 bits per heavy atom. The van der Waals surface area contributed by atoms with Crippen molar-refractivity contribution in [1.29, 1.82) is 0 Å². The van der Waals surface area contributed by atoms with Crippen LogP contribution < -0.4 is 15.5 Å². The average molecular weight is 290 g/mol. The van der Waals surface area contributed by atoms with E-state index in [1.807, 2.05) is 50.2 Å². The summed E-state index contributed by atoms with van der Waals surface area (Å²) in [5.41, 5.74) is 7.77. The fraction of sp³-hybridized carbons (Fsp3) is 0.286. The van der Waals surface area contributed by atoms with Gasteiger partial charge in [0.15, 0.2) is 5.13 Å². The van der Waals surface area contributed by atoms with E-state index in [0.29, 0.717) is 4.88 Å². The smallest absolute Gasteiger partial charge is 0.272 e. The van der Waals surface area contributed by atoms with Crippen LogP contribution in [0.4, 0.5) is 16.6 Å². The Morgan fingerprint density at radius 1 is 1.25 bits per heavy atom. The Hall–Kier alpha value is -2.08. The molecule has 1 heterocycles. The molecular formula is C14H18N4OS. The van der Waals surface area contributed by atoms with Crippen molar-refractivity contribution in [3.63, 3.8) is 0 Å². The predicted octanol–water partition coefficient (Wildman–Crippen LogP) is 2.38. The van der Waals surface area contributed by atoms with E-state index in [1.165, 1.54) is 11.3 Å². The Labute approximate surface area is 122 Å². The minimum atomic E-state index is -0.137. The quantitative estimate of drug-likeness (QED) is 0.942. The SMILES string of the molecule is Cc1ccccc1N(C)C(=O)c1sc(N(C)C)nc1N. The third-order valence-corrected chi connectivity index (χ3v) is 4.23. The predicted molar refractivity (Wildman–Crippen MR) is 84.8 cm³/mol. The first-order chi connectivity index (χ1) is 9.41. The fourth-order valence-electron chi connectivity index (χ4n) is 1.87. The summed E-state index contributed by atoms with van der Waals surface area (Å²) in [4.78, 5) is 20.7. The molecule has 0 atom stereocenters. The van der Waals surface area contributed by atoms with Gasteiger partial charge in [0.25, 0.3) is 5.91 Å². The first kappa shape index (κ1) is 14.3. The van der Waals surface area contributed by atoms with Crippen molar-refractivity contribution >= 4 is 33.9 Å². The van der Waals surface area contributed by atoms with Gasteiger partial charge in [0.1, 0.15) is 10.7 Å². The maximum atomic E-state index is 12.6. The number of amides is 1. The standard InChI is InChI=1S/C14H18N4OS/c1-9-7-5-6-8-10(9)18(4)13(19)11-12(15)16-14(20-11)17(2)3/h5-8H,15H2,1-4H3. The van der Waals surface area contributed by atoms with Crippen LogP contribution in [0.5, 0.6) is 0 Å². The monoisotopic (exact) mass is 290 g/mol. The number of nitrogens with zero attached hydrogens (tertiary/aromatic N) is 3. The summed E-state index contributed by atoms with van der Waals surface area (Å²) in [5, 5.41) is 0.726. The highest BCUT2D eigenvalue weighted by atomic mass is 32.1. The van der Waals surface area contributed by atoms with Crippen molar-refractivity contribution in [1.82, 2.24) is 4.98 Å². The maximum absolute atomic E-state index is 12.6. The third kappa shape index (κ3) is 2.60. The van der Waals surface area contributed by atoms with E-state index in [0.717, 1.165) is 16.4 Å². The van der Waals surface area contributed by atoms with Crippen molar-refractivity contribution in [2.24, 2.45) is 0 Å². The number of anilines is 3. The molecule has 2 N–H and O–H groups in total. The lowest BCUT2D eigenvalue weighted by Crippen LogP contribution is -2.26.